The molecule has 1 aromatic rings. The van der Waals surface area contributed by atoms with Crippen LogP contribution in [0.25, 0.3) is 10.4 Å². The summed E-state index contributed by atoms with van der Waals surface area (Å²) in [4.78, 5) is 2.56. The molecule has 0 radical (unpaired) electrons. The maximum Gasteiger partial charge on any atom is 0.200 e. The minimum Gasteiger partial charge on any atom is -0.493 e. The third-order valence-corrected chi connectivity index (χ3v) is 1.88. The molecule has 0 heterocycles. The summed E-state index contributed by atoms with van der Waals surface area (Å²) in [6.07, 6.45) is 0.310. The van der Waals surface area contributed by atoms with E-state index in [-0.39, 0.29) is 12.3 Å². The third-order valence-electron chi connectivity index (χ3n) is 1.88. The molecule has 0 aromatic heterocycles. The molecule has 80 valence electrons. The van der Waals surface area contributed by atoms with Crippen molar-refractivity contribution in [2.45, 2.75) is 6.42 Å². The summed E-state index contributed by atoms with van der Waals surface area (Å²) in [6.45, 7) is 0.179. The summed E-state index contributed by atoms with van der Waals surface area (Å²) in [5.74, 6) is -2.11. The lowest BCUT2D eigenvalue weighted by Gasteiger charge is -2.08. The minimum atomic E-state index is -1.02. The van der Waals surface area contributed by atoms with E-state index in [1.165, 1.54) is 13.2 Å². The van der Waals surface area contributed by atoms with Gasteiger partial charge in [0, 0.05) is 11.5 Å². The van der Waals surface area contributed by atoms with Gasteiger partial charge in [0.1, 0.15) is 0 Å². The minimum absolute atomic E-state index is 0.136. The first kappa shape index (κ1) is 11.3. The van der Waals surface area contributed by atoms with Crippen LogP contribution in [-0.2, 0) is 6.42 Å². The van der Waals surface area contributed by atoms with Crippen LogP contribution >= 0.6 is 0 Å². The fraction of sp³-hybridized carbons (Fsp3) is 0.333. The summed E-state index contributed by atoms with van der Waals surface area (Å²) >= 11 is 0. The number of rotatable bonds is 4. The van der Waals surface area contributed by atoms with Gasteiger partial charge in [-0.05, 0) is 23.6 Å². The summed E-state index contributed by atoms with van der Waals surface area (Å²) in [6, 6.07) is 2.42. The quantitative estimate of drug-likeness (QED) is 0.431. The van der Waals surface area contributed by atoms with Gasteiger partial charge in [-0.25, -0.2) is 4.39 Å². The monoisotopic (exact) mass is 213 g/mol. The van der Waals surface area contributed by atoms with E-state index < -0.39 is 11.6 Å². The normalized spacial score (nSPS) is 9.53. The second kappa shape index (κ2) is 5.17. The molecule has 0 amide bonds. The molecular formula is C9H9F2N3O. The fourth-order valence-electron chi connectivity index (χ4n) is 1.20. The lowest BCUT2D eigenvalue weighted by molar-refractivity contribution is 0.367. The lowest BCUT2D eigenvalue weighted by atomic mass is 10.1. The van der Waals surface area contributed by atoms with Gasteiger partial charge in [0.15, 0.2) is 11.6 Å². The molecule has 0 fully saturated rings. The highest BCUT2D eigenvalue weighted by Gasteiger charge is 2.13. The van der Waals surface area contributed by atoms with E-state index in [0.29, 0.717) is 12.0 Å². The lowest BCUT2D eigenvalue weighted by Crippen LogP contribution is -1.99. The summed E-state index contributed by atoms with van der Waals surface area (Å²) in [5, 5.41) is 3.30. The SMILES string of the molecule is COc1c(CCN=[N+]=[N-])ccc(F)c1F. The van der Waals surface area contributed by atoms with Gasteiger partial charge < -0.3 is 4.74 Å². The standard InChI is InChI=1S/C9H9F2N3O/c1-15-9-6(4-5-13-14-12)2-3-7(10)8(9)11/h2-3H,4-5H2,1H3. The molecule has 0 aliphatic heterocycles. The Balaban J connectivity index is 2.96. The van der Waals surface area contributed by atoms with Crippen molar-refractivity contribution < 1.29 is 13.5 Å². The fourth-order valence-corrected chi connectivity index (χ4v) is 1.20. The number of hydrogen-bond donors (Lipinski definition) is 0. The second-order valence-electron chi connectivity index (χ2n) is 2.76. The van der Waals surface area contributed by atoms with E-state index in [9.17, 15) is 8.78 Å². The van der Waals surface area contributed by atoms with Crippen molar-refractivity contribution in [1.29, 1.82) is 0 Å². The largest absolute Gasteiger partial charge is 0.493 e. The van der Waals surface area contributed by atoms with Gasteiger partial charge in [-0.15, -0.1) is 0 Å². The molecule has 0 atom stereocenters. The molecule has 0 bridgehead atoms. The summed E-state index contributed by atoms with van der Waals surface area (Å²) in [7, 11) is 1.26. The molecule has 0 saturated carbocycles. The highest BCUT2D eigenvalue weighted by Crippen LogP contribution is 2.25. The van der Waals surface area contributed by atoms with E-state index in [2.05, 4.69) is 10.0 Å². The van der Waals surface area contributed by atoms with Gasteiger partial charge in [-0.2, -0.15) is 4.39 Å². The molecule has 0 saturated heterocycles. The van der Waals surface area contributed by atoms with E-state index in [1.807, 2.05) is 0 Å². The smallest absolute Gasteiger partial charge is 0.200 e. The molecule has 4 nitrogen and oxygen atoms in total. The van der Waals surface area contributed by atoms with Crippen molar-refractivity contribution in [2.24, 2.45) is 5.11 Å². The zero-order valence-electron chi connectivity index (χ0n) is 8.07. The number of nitrogens with zero attached hydrogens (tertiary/aromatic N) is 3. The predicted molar refractivity (Wildman–Crippen MR) is 50.6 cm³/mol. The van der Waals surface area contributed by atoms with Crippen molar-refractivity contribution in [3.63, 3.8) is 0 Å². The number of hydrogen-bond acceptors (Lipinski definition) is 2. The van der Waals surface area contributed by atoms with E-state index in [0.717, 1.165) is 6.07 Å². The van der Waals surface area contributed by atoms with Crippen molar-refractivity contribution in [2.75, 3.05) is 13.7 Å². The Bertz CT molecular complexity index is 403. The topological polar surface area (TPSA) is 58.0 Å². The van der Waals surface area contributed by atoms with Crippen LogP contribution in [0.5, 0.6) is 5.75 Å². The molecule has 1 aromatic carbocycles. The zero-order chi connectivity index (χ0) is 11.3. The van der Waals surface area contributed by atoms with Crippen LogP contribution in [0.1, 0.15) is 5.56 Å². The van der Waals surface area contributed by atoms with E-state index in [1.54, 1.807) is 0 Å². The van der Waals surface area contributed by atoms with Crippen molar-refractivity contribution in [1.82, 2.24) is 0 Å². The molecule has 6 heteroatoms. The number of azide groups is 1. The molecule has 0 N–H and O–H groups in total. The van der Waals surface area contributed by atoms with Crippen LogP contribution in [0.3, 0.4) is 0 Å². The maximum atomic E-state index is 13.2. The number of benzene rings is 1. The van der Waals surface area contributed by atoms with Crippen molar-refractivity contribution in [3.05, 3.63) is 39.8 Å². The first-order valence-electron chi connectivity index (χ1n) is 4.22. The second-order valence-corrected chi connectivity index (χ2v) is 2.76. The third kappa shape index (κ3) is 2.57. The van der Waals surface area contributed by atoms with Crippen LogP contribution in [0.15, 0.2) is 17.2 Å². The van der Waals surface area contributed by atoms with Crippen LogP contribution in [-0.4, -0.2) is 13.7 Å². The molecule has 0 spiro atoms. The Hall–Kier alpha value is -1.81. The number of halogens is 2. The first-order valence-corrected chi connectivity index (χ1v) is 4.22. The number of methoxy groups -OCH3 is 1. The first-order chi connectivity index (χ1) is 7.20. The Morgan fingerprint density at radius 2 is 2.20 bits per heavy atom. The van der Waals surface area contributed by atoms with Gasteiger partial charge in [0.25, 0.3) is 0 Å². The zero-order valence-corrected chi connectivity index (χ0v) is 8.07. The van der Waals surface area contributed by atoms with Crippen LogP contribution in [0.4, 0.5) is 8.78 Å². The molecular weight excluding hydrogens is 204 g/mol. The van der Waals surface area contributed by atoms with Crippen LogP contribution < -0.4 is 4.74 Å². The van der Waals surface area contributed by atoms with Gasteiger partial charge in [-0.3, -0.25) is 0 Å². The molecule has 0 aliphatic rings. The summed E-state index contributed by atoms with van der Waals surface area (Å²) < 4.78 is 30.7. The van der Waals surface area contributed by atoms with Crippen molar-refractivity contribution >= 4 is 0 Å². The highest BCUT2D eigenvalue weighted by molar-refractivity contribution is 5.35. The molecule has 1 rings (SSSR count). The average Bonchev–Trinajstić information content (AvgIpc) is 2.24. The van der Waals surface area contributed by atoms with Crippen LogP contribution in [0.2, 0.25) is 0 Å². The van der Waals surface area contributed by atoms with Crippen molar-refractivity contribution in [3.8, 4) is 5.75 Å². The Morgan fingerprint density at radius 1 is 1.47 bits per heavy atom. The number of ether oxygens (including phenoxy) is 1. The van der Waals surface area contributed by atoms with Gasteiger partial charge >= 0.3 is 0 Å². The Morgan fingerprint density at radius 3 is 2.80 bits per heavy atom. The Kier molecular flexibility index (Phi) is 3.88. The summed E-state index contributed by atoms with van der Waals surface area (Å²) in [5.41, 5.74) is 8.54. The average molecular weight is 213 g/mol. The van der Waals surface area contributed by atoms with E-state index in [4.69, 9.17) is 10.3 Å². The Labute approximate surface area is 85.1 Å². The van der Waals surface area contributed by atoms with Gasteiger partial charge in [0.2, 0.25) is 5.82 Å². The predicted octanol–water partition coefficient (Wildman–Crippen LogP) is 2.83. The molecule has 0 aliphatic carbocycles. The molecule has 15 heavy (non-hydrogen) atoms. The van der Waals surface area contributed by atoms with Gasteiger partial charge in [-0.1, -0.05) is 11.2 Å². The van der Waals surface area contributed by atoms with Crippen LogP contribution in [0, 0.1) is 11.6 Å². The van der Waals surface area contributed by atoms with E-state index >= 15 is 0 Å². The van der Waals surface area contributed by atoms with Gasteiger partial charge in [0.05, 0.1) is 7.11 Å². The molecule has 0 unspecified atom stereocenters. The highest BCUT2D eigenvalue weighted by atomic mass is 19.2. The maximum absolute atomic E-state index is 13.2.